The zero-order valence-corrected chi connectivity index (χ0v) is 11.6. The van der Waals surface area contributed by atoms with Gasteiger partial charge in [-0.3, -0.25) is 0 Å². The molecule has 0 bridgehead atoms. The van der Waals surface area contributed by atoms with Crippen LogP contribution in [-0.2, 0) is 6.54 Å². The lowest BCUT2D eigenvalue weighted by Gasteiger charge is -2.15. The van der Waals surface area contributed by atoms with Crippen molar-refractivity contribution in [1.29, 1.82) is 0 Å². The fourth-order valence-electron chi connectivity index (χ4n) is 1.92. The largest absolute Gasteiger partial charge is 0.508 e. The minimum absolute atomic E-state index is 0.0984. The van der Waals surface area contributed by atoms with Crippen LogP contribution in [0.3, 0.4) is 0 Å². The van der Waals surface area contributed by atoms with Crippen LogP contribution in [0.25, 0.3) is 0 Å². The van der Waals surface area contributed by atoms with Crippen LogP contribution in [-0.4, -0.2) is 16.3 Å². The van der Waals surface area contributed by atoms with E-state index in [0.29, 0.717) is 12.6 Å². The van der Waals surface area contributed by atoms with E-state index in [-0.39, 0.29) is 11.5 Å². The highest BCUT2D eigenvalue weighted by Gasteiger charge is 2.06. The van der Waals surface area contributed by atoms with Crippen LogP contribution >= 0.6 is 0 Å². The van der Waals surface area contributed by atoms with Gasteiger partial charge < -0.3 is 15.5 Å². The zero-order valence-electron chi connectivity index (χ0n) is 11.6. The second-order valence-corrected chi connectivity index (χ2v) is 5.42. The van der Waals surface area contributed by atoms with Crippen LogP contribution in [0.1, 0.15) is 45.6 Å². The predicted octanol–water partition coefficient (Wildman–Crippen LogP) is 3.40. The van der Waals surface area contributed by atoms with Gasteiger partial charge in [-0.1, -0.05) is 32.8 Å². The molecular weight excluding hydrogens is 226 g/mol. The molecule has 3 nitrogen and oxygen atoms in total. The molecule has 0 saturated heterocycles. The van der Waals surface area contributed by atoms with Crippen molar-refractivity contribution in [3.63, 3.8) is 0 Å². The third-order valence-electron chi connectivity index (χ3n) is 3.13. The van der Waals surface area contributed by atoms with Crippen molar-refractivity contribution in [3.8, 4) is 11.5 Å². The zero-order chi connectivity index (χ0) is 13.5. The number of hydrogen-bond acceptors (Lipinski definition) is 3. The molecule has 0 radical (unpaired) electrons. The molecule has 0 saturated carbocycles. The van der Waals surface area contributed by atoms with Crippen molar-refractivity contribution in [2.24, 2.45) is 5.92 Å². The number of rotatable bonds is 7. The van der Waals surface area contributed by atoms with Crippen LogP contribution in [0.2, 0.25) is 0 Å². The third kappa shape index (κ3) is 5.41. The normalized spacial score (nSPS) is 12.9. The molecule has 3 N–H and O–H groups in total. The highest BCUT2D eigenvalue weighted by atomic mass is 16.3. The van der Waals surface area contributed by atoms with Crippen LogP contribution in [0.4, 0.5) is 0 Å². The lowest BCUT2D eigenvalue weighted by atomic mass is 10.0. The fourth-order valence-corrected chi connectivity index (χ4v) is 1.92. The summed E-state index contributed by atoms with van der Waals surface area (Å²) in [6.45, 7) is 7.28. The Bertz CT molecular complexity index is 364. The molecule has 1 aromatic rings. The summed E-state index contributed by atoms with van der Waals surface area (Å²) >= 11 is 0. The van der Waals surface area contributed by atoms with Crippen molar-refractivity contribution in [1.82, 2.24) is 5.32 Å². The Morgan fingerprint density at radius 1 is 1.11 bits per heavy atom. The summed E-state index contributed by atoms with van der Waals surface area (Å²) in [7, 11) is 0. The molecule has 0 spiro atoms. The van der Waals surface area contributed by atoms with Crippen molar-refractivity contribution in [2.45, 2.75) is 52.6 Å². The first-order valence-corrected chi connectivity index (χ1v) is 6.73. The van der Waals surface area contributed by atoms with E-state index in [0.717, 1.165) is 17.9 Å². The molecule has 1 unspecified atom stereocenters. The van der Waals surface area contributed by atoms with Crippen molar-refractivity contribution >= 4 is 0 Å². The quantitative estimate of drug-likeness (QED) is 0.696. The number of aromatic hydroxyl groups is 2. The Balaban J connectivity index is 2.31. The van der Waals surface area contributed by atoms with E-state index >= 15 is 0 Å². The van der Waals surface area contributed by atoms with E-state index in [1.54, 1.807) is 12.1 Å². The molecule has 1 rings (SSSR count). The second-order valence-electron chi connectivity index (χ2n) is 5.42. The van der Waals surface area contributed by atoms with Crippen molar-refractivity contribution in [3.05, 3.63) is 23.8 Å². The first-order valence-electron chi connectivity index (χ1n) is 6.73. The van der Waals surface area contributed by atoms with Gasteiger partial charge in [0.05, 0.1) is 0 Å². The summed E-state index contributed by atoms with van der Waals surface area (Å²) in [5.74, 6) is 1.01. The van der Waals surface area contributed by atoms with Crippen LogP contribution in [0.5, 0.6) is 11.5 Å². The number of nitrogens with one attached hydrogen (secondary N) is 1. The molecule has 0 fully saturated rings. The summed E-state index contributed by atoms with van der Waals surface area (Å²) in [6, 6.07) is 5.16. The van der Waals surface area contributed by atoms with Gasteiger partial charge in [0, 0.05) is 24.2 Å². The highest BCUT2D eigenvalue weighted by Crippen LogP contribution is 2.22. The number of phenolic OH excluding ortho intramolecular Hbond substituents is 2. The molecule has 3 heteroatoms. The second kappa shape index (κ2) is 7.27. The molecule has 18 heavy (non-hydrogen) atoms. The molecule has 0 aliphatic carbocycles. The monoisotopic (exact) mass is 251 g/mol. The van der Waals surface area contributed by atoms with E-state index in [4.69, 9.17) is 0 Å². The fraction of sp³-hybridized carbons (Fsp3) is 0.600. The van der Waals surface area contributed by atoms with Gasteiger partial charge in [-0.2, -0.15) is 0 Å². The lowest BCUT2D eigenvalue weighted by Crippen LogP contribution is -2.25. The molecule has 1 aromatic carbocycles. The third-order valence-corrected chi connectivity index (χ3v) is 3.13. The maximum Gasteiger partial charge on any atom is 0.123 e. The van der Waals surface area contributed by atoms with Gasteiger partial charge in [-0.15, -0.1) is 0 Å². The summed E-state index contributed by atoms with van der Waals surface area (Å²) in [5.41, 5.74) is 0.823. The van der Waals surface area contributed by atoms with Gasteiger partial charge in [0.15, 0.2) is 0 Å². The minimum atomic E-state index is 0.0984. The molecule has 0 aromatic heterocycles. The Morgan fingerprint density at radius 2 is 1.83 bits per heavy atom. The van der Waals surface area contributed by atoms with E-state index in [1.165, 1.54) is 18.9 Å². The Kier molecular flexibility index (Phi) is 5.99. The number of benzene rings is 1. The van der Waals surface area contributed by atoms with Gasteiger partial charge in [0.25, 0.3) is 0 Å². The summed E-state index contributed by atoms with van der Waals surface area (Å²) < 4.78 is 0. The Hall–Kier alpha value is -1.22. The maximum atomic E-state index is 9.65. The average molecular weight is 251 g/mol. The smallest absolute Gasteiger partial charge is 0.123 e. The van der Waals surface area contributed by atoms with E-state index < -0.39 is 0 Å². The standard InChI is InChI=1S/C15H25NO2/c1-11(2)5-4-6-12(3)16-10-13-7-8-14(17)9-15(13)18/h7-9,11-12,16-18H,4-6,10H2,1-3H3. The van der Waals surface area contributed by atoms with Crippen LogP contribution in [0.15, 0.2) is 18.2 Å². The minimum Gasteiger partial charge on any atom is -0.508 e. The highest BCUT2D eigenvalue weighted by molar-refractivity contribution is 5.38. The number of hydrogen-bond donors (Lipinski definition) is 3. The van der Waals surface area contributed by atoms with E-state index in [2.05, 4.69) is 26.1 Å². The molecule has 0 heterocycles. The van der Waals surface area contributed by atoms with Gasteiger partial charge >= 0.3 is 0 Å². The van der Waals surface area contributed by atoms with E-state index in [1.807, 2.05) is 0 Å². The average Bonchev–Trinajstić information content (AvgIpc) is 2.27. The Morgan fingerprint density at radius 3 is 2.44 bits per heavy atom. The topological polar surface area (TPSA) is 52.5 Å². The van der Waals surface area contributed by atoms with Gasteiger partial charge in [0.1, 0.15) is 11.5 Å². The van der Waals surface area contributed by atoms with Crippen molar-refractivity contribution < 1.29 is 10.2 Å². The summed E-state index contributed by atoms with van der Waals surface area (Å²) in [4.78, 5) is 0. The summed E-state index contributed by atoms with van der Waals surface area (Å²) in [5, 5.41) is 22.2. The molecule has 102 valence electrons. The van der Waals surface area contributed by atoms with Crippen LogP contribution in [0, 0.1) is 5.92 Å². The molecular formula is C15H25NO2. The van der Waals surface area contributed by atoms with Crippen molar-refractivity contribution in [2.75, 3.05) is 0 Å². The predicted molar refractivity (Wildman–Crippen MR) is 74.8 cm³/mol. The molecule has 0 aliphatic heterocycles. The van der Waals surface area contributed by atoms with Gasteiger partial charge in [0.2, 0.25) is 0 Å². The Labute approximate surface area is 110 Å². The first kappa shape index (κ1) is 14.8. The van der Waals surface area contributed by atoms with E-state index in [9.17, 15) is 10.2 Å². The maximum absolute atomic E-state index is 9.65. The van der Waals surface area contributed by atoms with Gasteiger partial charge in [-0.05, 0) is 25.3 Å². The molecule has 0 aliphatic rings. The summed E-state index contributed by atoms with van der Waals surface area (Å²) in [6.07, 6.45) is 3.64. The van der Waals surface area contributed by atoms with Gasteiger partial charge in [-0.25, -0.2) is 0 Å². The molecule has 1 atom stereocenters. The SMILES string of the molecule is CC(C)CCCC(C)NCc1ccc(O)cc1O. The lowest BCUT2D eigenvalue weighted by molar-refractivity contribution is 0.432. The first-order chi connectivity index (χ1) is 8.49. The number of phenols is 2. The van der Waals surface area contributed by atoms with Crippen LogP contribution < -0.4 is 5.32 Å². The molecule has 0 amide bonds.